The number of carbonyl (C=O) groups is 2. The SMILES string of the molecule is COc1cc(C=CC(=O)O)c(NC(C)=O)cc1Cl. The van der Waals surface area contributed by atoms with Crippen LogP contribution in [0.4, 0.5) is 5.69 Å². The molecule has 0 radical (unpaired) electrons. The predicted molar refractivity (Wildman–Crippen MR) is 69.0 cm³/mol. The van der Waals surface area contributed by atoms with Gasteiger partial charge in [0.15, 0.2) is 0 Å². The van der Waals surface area contributed by atoms with E-state index in [1.165, 1.54) is 26.2 Å². The molecule has 18 heavy (non-hydrogen) atoms. The zero-order chi connectivity index (χ0) is 13.7. The molecule has 0 fully saturated rings. The highest BCUT2D eigenvalue weighted by atomic mass is 35.5. The molecule has 5 nitrogen and oxygen atoms in total. The fraction of sp³-hybridized carbons (Fsp3) is 0.167. The van der Waals surface area contributed by atoms with Gasteiger partial charge in [0.1, 0.15) is 5.75 Å². The molecule has 0 saturated carbocycles. The Labute approximate surface area is 109 Å². The number of benzene rings is 1. The van der Waals surface area contributed by atoms with Crippen molar-refractivity contribution in [1.29, 1.82) is 0 Å². The maximum Gasteiger partial charge on any atom is 0.328 e. The van der Waals surface area contributed by atoms with Gasteiger partial charge in [-0.05, 0) is 18.2 Å². The number of hydrogen-bond acceptors (Lipinski definition) is 3. The van der Waals surface area contributed by atoms with E-state index < -0.39 is 5.97 Å². The lowest BCUT2D eigenvalue weighted by molar-refractivity contribution is -0.131. The van der Waals surface area contributed by atoms with Gasteiger partial charge in [0.05, 0.1) is 12.1 Å². The molecule has 0 aliphatic rings. The van der Waals surface area contributed by atoms with E-state index in [0.29, 0.717) is 22.0 Å². The summed E-state index contributed by atoms with van der Waals surface area (Å²) in [5.41, 5.74) is 0.916. The van der Waals surface area contributed by atoms with Gasteiger partial charge >= 0.3 is 5.97 Å². The Hall–Kier alpha value is -2.01. The summed E-state index contributed by atoms with van der Waals surface area (Å²) in [6.07, 6.45) is 2.32. The molecular formula is C12H12ClNO4. The highest BCUT2D eigenvalue weighted by Gasteiger charge is 2.08. The first kappa shape index (κ1) is 14.1. The third-order valence-corrected chi connectivity index (χ3v) is 2.34. The van der Waals surface area contributed by atoms with Crippen molar-refractivity contribution in [2.24, 2.45) is 0 Å². The van der Waals surface area contributed by atoms with Crippen molar-refractivity contribution in [2.45, 2.75) is 6.92 Å². The Morgan fingerprint density at radius 3 is 2.61 bits per heavy atom. The summed E-state index contributed by atoms with van der Waals surface area (Å²) < 4.78 is 5.03. The smallest absolute Gasteiger partial charge is 0.328 e. The monoisotopic (exact) mass is 269 g/mol. The van der Waals surface area contributed by atoms with Crippen LogP contribution in [-0.4, -0.2) is 24.1 Å². The van der Waals surface area contributed by atoms with Crippen molar-refractivity contribution in [3.63, 3.8) is 0 Å². The Bertz CT molecular complexity index is 511. The second-order valence-electron chi connectivity index (χ2n) is 3.43. The highest BCUT2D eigenvalue weighted by Crippen LogP contribution is 2.31. The molecule has 1 aromatic rings. The van der Waals surface area contributed by atoms with Crippen LogP contribution < -0.4 is 10.1 Å². The number of nitrogens with one attached hydrogen (secondary N) is 1. The van der Waals surface area contributed by atoms with E-state index in [4.69, 9.17) is 21.4 Å². The van der Waals surface area contributed by atoms with Crippen LogP contribution in [-0.2, 0) is 9.59 Å². The quantitative estimate of drug-likeness (QED) is 0.823. The van der Waals surface area contributed by atoms with Gasteiger partial charge in [0.25, 0.3) is 0 Å². The topological polar surface area (TPSA) is 75.6 Å². The summed E-state index contributed by atoms with van der Waals surface area (Å²) in [7, 11) is 1.45. The first-order chi connectivity index (χ1) is 8.43. The summed E-state index contributed by atoms with van der Waals surface area (Å²) in [5, 5.41) is 11.5. The van der Waals surface area contributed by atoms with Crippen molar-refractivity contribution in [3.05, 3.63) is 28.8 Å². The van der Waals surface area contributed by atoms with E-state index in [1.807, 2.05) is 0 Å². The normalized spacial score (nSPS) is 10.4. The molecule has 1 amide bonds. The van der Waals surface area contributed by atoms with Crippen LogP contribution in [0.3, 0.4) is 0 Å². The van der Waals surface area contributed by atoms with Crippen LogP contribution in [0.15, 0.2) is 18.2 Å². The molecular weight excluding hydrogens is 258 g/mol. The van der Waals surface area contributed by atoms with Crippen molar-refractivity contribution in [3.8, 4) is 5.75 Å². The van der Waals surface area contributed by atoms with Crippen molar-refractivity contribution < 1.29 is 19.4 Å². The largest absolute Gasteiger partial charge is 0.495 e. The number of ether oxygens (including phenoxy) is 1. The van der Waals surface area contributed by atoms with Gasteiger partial charge in [-0.15, -0.1) is 0 Å². The number of carbonyl (C=O) groups excluding carboxylic acids is 1. The molecule has 0 spiro atoms. The fourth-order valence-electron chi connectivity index (χ4n) is 1.32. The van der Waals surface area contributed by atoms with Crippen LogP contribution in [0.25, 0.3) is 6.08 Å². The van der Waals surface area contributed by atoms with Crippen LogP contribution in [0.2, 0.25) is 5.02 Å². The Balaban J connectivity index is 3.24. The molecule has 0 saturated heterocycles. The van der Waals surface area contributed by atoms with Gasteiger partial charge in [-0.25, -0.2) is 4.79 Å². The molecule has 0 atom stereocenters. The van der Waals surface area contributed by atoms with Crippen molar-refractivity contribution in [1.82, 2.24) is 0 Å². The van der Waals surface area contributed by atoms with E-state index in [2.05, 4.69) is 5.32 Å². The maximum atomic E-state index is 11.0. The third-order valence-electron chi connectivity index (χ3n) is 2.04. The van der Waals surface area contributed by atoms with Crippen LogP contribution in [0.5, 0.6) is 5.75 Å². The van der Waals surface area contributed by atoms with Crippen LogP contribution in [0, 0.1) is 0 Å². The third kappa shape index (κ3) is 3.78. The predicted octanol–water partition coefficient (Wildman–Crippen LogP) is 2.40. The van der Waals surface area contributed by atoms with Gasteiger partial charge in [-0.2, -0.15) is 0 Å². The number of anilines is 1. The molecule has 0 heterocycles. The zero-order valence-corrected chi connectivity index (χ0v) is 10.6. The van der Waals surface area contributed by atoms with E-state index in [0.717, 1.165) is 6.08 Å². The standard InChI is InChI=1S/C12H12ClNO4/c1-7(15)14-10-6-9(13)11(18-2)5-8(10)3-4-12(16)17/h3-6H,1-2H3,(H,14,15)(H,16,17). The minimum atomic E-state index is -1.09. The number of carboxylic acid groups (broad SMARTS) is 1. The fourth-order valence-corrected chi connectivity index (χ4v) is 1.56. The number of amides is 1. The Morgan fingerprint density at radius 2 is 2.11 bits per heavy atom. The molecule has 0 aromatic heterocycles. The van der Waals surface area contributed by atoms with Crippen molar-refractivity contribution in [2.75, 3.05) is 12.4 Å². The highest BCUT2D eigenvalue weighted by molar-refractivity contribution is 6.32. The summed E-state index contributed by atoms with van der Waals surface area (Å²) in [4.78, 5) is 21.5. The Kier molecular flexibility index (Phi) is 4.74. The van der Waals surface area contributed by atoms with Crippen molar-refractivity contribution >= 4 is 35.2 Å². The van der Waals surface area contributed by atoms with E-state index in [-0.39, 0.29) is 5.91 Å². The van der Waals surface area contributed by atoms with Gasteiger partial charge in [0, 0.05) is 24.3 Å². The molecule has 0 aliphatic heterocycles. The number of aliphatic carboxylic acids is 1. The molecule has 1 aromatic carbocycles. The zero-order valence-electron chi connectivity index (χ0n) is 9.86. The van der Waals surface area contributed by atoms with Crippen LogP contribution >= 0.6 is 11.6 Å². The first-order valence-corrected chi connectivity index (χ1v) is 5.38. The van der Waals surface area contributed by atoms with Gasteiger partial charge in [0.2, 0.25) is 5.91 Å². The van der Waals surface area contributed by atoms with Crippen LogP contribution in [0.1, 0.15) is 12.5 Å². The van der Waals surface area contributed by atoms with E-state index in [9.17, 15) is 9.59 Å². The summed E-state index contributed by atoms with van der Waals surface area (Å²) in [6, 6.07) is 3.05. The van der Waals surface area contributed by atoms with Gasteiger partial charge < -0.3 is 15.2 Å². The number of carboxylic acids is 1. The van der Waals surface area contributed by atoms with Gasteiger partial charge in [-0.3, -0.25) is 4.79 Å². The minimum Gasteiger partial charge on any atom is -0.495 e. The number of hydrogen-bond donors (Lipinski definition) is 2. The minimum absolute atomic E-state index is 0.277. The number of halogens is 1. The first-order valence-electron chi connectivity index (χ1n) is 5.00. The molecule has 6 heteroatoms. The number of rotatable bonds is 4. The summed E-state index contributed by atoms with van der Waals surface area (Å²) in [6.45, 7) is 1.35. The van der Waals surface area contributed by atoms with E-state index >= 15 is 0 Å². The van der Waals surface area contributed by atoms with E-state index in [1.54, 1.807) is 6.07 Å². The molecule has 2 N–H and O–H groups in total. The van der Waals surface area contributed by atoms with Gasteiger partial charge in [-0.1, -0.05) is 11.6 Å². The lowest BCUT2D eigenvalue weighted by atomic mass is 10.1. The summed E-state index contributed by atoms with van der Waals surface area (Å²) >= 11 is 5.93. The Morgan fingerprint density at radius 1 is 1.44 bits per heavy atom. The second-order valence-corrected chi connectivity index (χ2v) is 3.83. The summed E-state index contributed by atoms with van der Waals surface area (Å²) in [5.74, 6) is -0.963. The maximum absolute atomic E-state index is 11.0. The number of methoxy groups -OCH3 is 1. The molecule has 0 unspecified atom stereocenters. The lowest BCUT2D eigenvalue weighted by Crippen LogP contribution is -2.07. The molecule has 0 aliphatic carbocycles. The second kappa shape index (κ2) is 6.07. The molecule has 96 valence electrons. The molecule has 1 rings (SSSR count). The average Bonchev–Trinajstić information content (AvgIpc) is 2.27. The average molecular weight is 270 g/mol. The molecule has 0 bridgehead atoms. The lowest BCUT2D eigenvalue weighted by Gasteiger charge is -2.10.